The Labute approximate surface area is 153 Å². The number of pyridine rings is 1. The predicted octanol–water partition coefficient (Wildman–Crippen LogP) is 2.12. The molecule has 2 aromatic heterocycles. The van der Waals surface area contributed by atoms with Crippen LogP contribution in [0.5, 0.6) is 0 Å². The number of carbonyl (C=O) groups excluding carboxylic acids is 1. The summed E-state index contributed by atoms with van der Waals surface area (Å²) in [5, 5.41) is 6.74. The van der Waals surface area contributed by atoms with Gasteiger partial charge in [0.05, 0.1) is 5.56 Å². The third-order valence-electron chi connectivity index (χ3n) is 4.59. The Bertz CT molecular complexity index is 650. The molecule has 2 aliphatic rings. The number of halogens is 2. The van der Waals surface area contributed by atoms with Crippen LogP contribution in [-0.2, 0) is 0 Å². The van der Waals surface area contributed by atoms with Crippen molar-refractivity contribution in [3.8, 4) is 5.82 Å². The molecule has 0 saturated carbocycles. The van der Waals surface area contributed by atoms with Crippen LogP contribution in [0.4, 0.5) is 0 Å². The topological polar surface area (TPSA) is 71.8 Å². The number of nitrogens with one attached hydrogen (secondary N) is 2. The fourth-order valence-electron chi connectivity index (χ4n) is 3.51. The summed E-state index contributed by atoms with van der Waals surface area (Å²) in [5.74, 6) is 0.727. The molecule has 8 heteroatoms. The van der Waals surface area contributed by atoms with Crippen molar-refractivity contribution in [1.82, 2.24) is 25.2 Å². The molecule has 130 valence electrons. The lowest BCUT2D eigenvalue weighted by Crippen LogP contribution is -2.48. The van der Waals surface area contributed by atoms with Crippen molar-refractivity contribution in [2.24, 2.45) is 0 Å². The molecule has 2 aromatic rings. The van der Waals surface area contributed by atoms with Gasteiger partial charge in [-0.15, -0.1) is 24.8 Å². The molecule has 2 atom stereocenters. The number of hydrogen-bond acceptors (Lipinski definition) is 4. The summed E-state index contributed by atoms with van der Waals surface area (Å²) in [5.41, 5.74) is 0.606. The van der Waals surface area contributed by atoms with E-state index >= 15 is 0 Å². The Morgan fingerprint density at radius 1 is 1.21 bits per heavy atom. The summed E-state index contributed by atoms with van der Waals surface area (Å²) in [6.07, 6.45) is 11.4. The standard InChI is InChI=1S/C16H19N5O.2ClH/c22-16(20-14-7-12-2-3-13(8-14)19-12)11-1-4-15(18-9-11)21-6-5-17-10-21;;/h1,4-6,9-10,12-14,19H,2-3,7-8H2,(H,20,22);2*1H. The summed E-state index contributed by atoms with van der Waals surface area (Å²) < 4.78 is 1.81. The van der Waals surface area contributed by atoms with Crippen molar-refractivity contribution in [1.29, 1.82) is 0 Å². The van der Waals surface area contributed by atoms with Crippen LogP contribution in [-0.4, -0.2) is 38.6 Å². The summed E-state index contributed by atoms with van der Waals surface area (Å²) in [4.78, 5) is 20.7. The smallest absolute Gasteiger partial charge is 0.253 e. The van der Waals surface area contributed by atoms with Gasteiger partial charge in [0.1, 0.15) is 12.1 Å². The molecular formula is C16H21Cl2N5O. The number of amides is 1. The molecule has 0 radical (unpaired) electrons. The first kappa shape index (κ1) is 18.7. The zero-order valence-corrected chi connectivity index (χ0v) is 14.7. The third kappa shape index (κ3) is 3.88. The van der Waals surface area contributed by atoms with Crippen molar-refractivity contribution < 1.29 is 4.79 Å². The van der Waals surface area contributed by atoms with E-state index in [2.05, 4.69) is 20.6 Å². The normalized spacial score (nSPS) is 24.6. The van der Waals surface area contributed by atoms with E-state index in [-0.39, 0.29) is 36.8 Å². The zero-order chi connectivity index (χ0) is 14.9. The van der Waals surface area contributed by atoms with Gasteiger partial charge in [-0.25, -0.2) is 9.97 Å². The van der Waals surface area contributed by atoms with Crippen LogP contribution in [0.15, 0.2) is 37.1 Å². The maximum absolute atomic E-state index is 12.4. The molecular weight excluding hydrogens is 349 g/mol. The molecule has 2 bridgehead atoms. The molecule has 2 saturated heterocycles. The minimum absolute atomic E-state index is 0. The number of hydrogen-bond donors (Lipinski definition) is 2. The Morgan fingerprint density at radius 3 is 2.54 bits per heavy atom. The quantitative estimate of drug-likeness (QED) is 0.868. The number of rotatable bonds is 3. The second kappa shape index (κ2) is 7.96. The van der Waals surface area contributed by atoms with Gasteiger partial charge in [0.25, 0.3) is 5.91 Å². The summed E-state index contributed by atoms with van der Waals surface area (Å²) in [6, 6.07) is 5.08. The van der Waals surface area contributed by atoms with E-state index in [1.807, 2.05) is 22.9 Å². The Morgan fingerprint density at radius 2 is 1.96 bits per heavy atom. The number of carbonyl (C=O) groups is 1. The van der Waals surface area contributed by atoms with E-state index in [1.165, 1.54) is 12.8 Å². The van der Waals surface area contributed by atoms with Gasteiger partial charge in [-0.3, -0.25) is 9.36 Å². The Kier molecular flexibility index (Phi) is 6.21. The molecule has 2 N–H and O–H groups in total. The lowest BCUT2D eigenvalue weighted by atomic mass is 9.99. The fraction of sp³-hybridized carbons (Fsp3) is 0.438. The van der Waals surface area contributed by atoms with E-state index in [1.54, 1.807) is 18.7 Å². The number of nitrogens with zero attached hydrogens (tertiary/aromatic N) is 3. The number of fused-ring (bicyclic) bond motifs is 2. The Hall–Kier alpha value is -1.63. The molecule has 24 heavy (non-hydrogen) atoms. The van der Waals surface area contributed by atoms with E-state index < -0.39 is 0 Å². The summed E-state index contributed by atoms with van der Waals surface area (Å²) >= 11 is 0. The highest BCUT2D eigenvalue weighted by molar-refractivity contribution is 5.94. The average molecular weight is 370 g/mol. The third-order valence-corrected chi connectivity index (χ3v) is 4.59. The molecule has 0 spiro atoms. The van der Waals surface area contributed by atoms with Crippen LogP contribution >= 0.6 is 24.8 Å². The highest BCUT2D eigenvalue weighted by Crippen LogP contribution is 2.26. The maximum atomic E-state index is 12.4. The van der Waals surface area contributed by atoms with Crippen LogP contribution in [0.1, 0.15) is 36.0 Å². The van der Waals surface area contributed by atoms with E-state index in [9.17, 15) is 4.79 Å². The number of imidazole rings is 1. The van der Waals surface area contributed by atoms with Gasteiger partial charge < -0.3 is 10.6 Å². The van der Waals surface area contributed by atoms with E-state index in [4.69, 9.17) is 0 Å². The summed E-state index contributed by atoms with van der Waals surface area (Å²) in [6.45, 7) is 0. The van der Waals surface area contributed by atoms with Gasteiger partial charge in [-0.05, 0) is 37.8 Å². The van der Waals surface area contributed by atoms with E-state index in [0.717, 1.165) is 18.7 Å². The molecule has 2 fully saturated rings. The minimum Gasteiger partial charge on any atom is -0.349 e. The first-order chi connectivity index (χ1) is 10.8. The highest BCUT2D eigenvalue weighted by atomic mass is 35.5. The van der Waals surface area contributed by atoms with Gasteiger partial charge >= 0.3 is 0 Å². The number of piperidine rings is 1. The van der Waals surface area contributed by atoms with Crippen LogP contribution < -0.4 is 10.6 Å². The highest BCUT2D eigenvalue weighted by Gasteiger charge is 2.34. The lowest BCUT2D eigenvalue weighted by molar-refractivity contribution is 0.0923. The molecule has 6 nitrogen and oxygen atoms in total. The lowest BCUT2D eigenvalue weighted by Gasteiger charge is -2.29. The van der Waals surface area contributed by atoms with Crippen molar-refractivity contribution in [3.63, 3.8) is 0 Å². The molecule has 0 aromatic carbocycles. The maximum Gasteiger partial charge on any atom is 0.253 e. The second-order valence-electron chi connectivity index (χ2n) is 6.15. The molecule has 4 rings (SSSR count). The van der Waals surface area contributed by atoms with Gasteiger partial charge in [-0.1, -0.05) is 0 Å². The molecule has 0 aliphatic carbocycles. The second-order valence-corrected chi connectivity index (χ2v) is 6.15. The van der Waals surface area contributed by atoms with Crippen LogP contribution in [0.3, 0.4) is 0 Å². The Balaban J connectivity index is 0.00000104. The van der Waals surface area contributed by atoms with Gasteiger partial charge in [0.2, 0.25) is 0 Å². The fourth-order valence-corrected chi connectivity index (χ4v) is 3.51. The first-order valence-corrected chi connectivity index (χ1v) is 7.79. The average Bonchev–Trinajstić information content (AvgIpc) is 3.17. The van der Waals surface area contributed by atoms with Crippen LogP contribution in [0.2, 0.25) is 0 Å². The summed E-state index contributed by atoms with van der Waals surface area (Å²) in [7, 11) is 0. The zero-order valence-electron chi connectivity index (χ0n) is 13.1. The van der Waals surface area contributed by atoms with Crippen molar-refractivity contribution in [3.05, 3.63) is 42.6 Å². The van der Waals surface area contributed by atoms with Gasteiger partial charge in [0.15, 0.2) is 0 Å². The van der Waals surface area contributed by atoms with Crippen LogP contribution in [0, 0.1) is 0 Å². The van der Waals surface area contributed by atoms with E-state index in [0.29, 0.717) is 17.6 Å². The van der Waals surface area contributed by atoms with Gasteiger partial charge in [0, 0.05) is 36.7 Å². The van der Waals surface area contributed by atoms with Crippen molar-refractivity contribution in [2.45, 2.75) is 43.8 Å². The SMILES string of the molecule is Cl.Cl.O=C(NC1CC2CCC(C1)N2)c1ccc(-n2ccnc2)nc1. The van der Waals surface area contributed by atoms with Crippen molar-refractivity contribution >= 4 is 30.7 Å². The molecule has 2 unspecified atom stereocenters. The first-order valence-electron chi connectivity index (χ1n) is 7.79. The molecule has 1 amide bonds. The largest absolute Gasteiger partial charge is 0.349 e. The molecule has 2 aliphatic heterocycles. The minimum atomic E-state index is -0.0315. The monoisotopic (exact) mass is 369 g/mol. The number of aromatic nitrogens is 3. The van der Waals surface area contributed by atoms with Crippen molar-refractivity contribution in [2.75, 3.05) is 0 Å². The van der Waals surface area contributed by atoms with Crippen LogP contribution in [0.25, 0.3) is 5.82 Å². The van der Waals surface area contributed by atoms with Gasteiger partial charge in [-0.2, -0.15) is 0 Å². The molecule has 4 heterocycles. The predicted molar refractivity (Wildman–Crippen MR) is 96.3 cm³/mol.